The summed E-state index contributed by atoms with van der Waals surface area (Å²) in [6, 6.07) is 0. The maximum Gasteiger partial charge on any atom is 0.305 e. The third kappa shape index (κ3) is 3.90. The highest BCUT2D eigenvalue weighted by molar-refractivity contribution is 7.91. The second-order valence-electron chi connectivity index (χ2n) is 4.34. The van der Waals surface area contributed by atoms with E-state index >= 15 is 0 Å². The van der Waals surface area contributed by atoms with Gasteiger partial charge in [-0.05, 0) is 0 Å². The Balaban J connectivity index is 1.92. The molecule has 1 aromatic heterocycles. The van der Waals surface area contributed by atoms with Gasteiger partial charge in [-0.15, -0.1) is 11.3 Å². The van der Waals surface area contributed by atoms with Gasteiger partial charge in [0.15, 0.2) is 15.0 Å². The van der Waals surface area contributed by atoms with E-state index in [1.807, 2.05) is 10.3 Å². The van der Waals surface area contributed by atoms with E-state index in [4.69, 9.17) is 0 Å². The van der Waals surface area contributed by atoms with Gasteiger partial charge in [0.05, 0.1) is 30.7 Å². The lowest BCUT2D eigenvalue weighted by Gasteiger charge is -2.25. The number of aryl methyl sites for hydroxylation is 1. The third-order valence-electron chi connectivity index (χ3n) is 2.97. The second-order valence-corrected chi connectivity index (χ2v) is 7.48. The molecule has 1 aliphatic rings. The molecule has 0 bridgehead atoms. The minimum Gasteiger partial charge on any atom is -0.469 e. The Kier molecular flexibility index (Phi) is 4.41. The second kappa shape index (κ2) is 5.87. The molecule has 1 fully saturated rings. The number of methoxy groups -OCH3 is 1. The van der Waals surface area contributed by atoms with E-state index in [0.29, 0.717) is 25.9 Å². The summed E-state index contributed by atoms with van der Waals surface area (Å²) in [5.41, 5.74) is 0.846. The van der Waals surface area contributed by atoms with Crippen molar-refractivity contribution in [3.8, 4) is 0 Å². The highest BCUT2D eigenvalue weighted by Crippen LogP contribution is 2.23. The number of hydrogen-bond acceptors (Lipinski definition) is 7. The van der Waals surface area contributed by atoms with Crippen molar-refractivity contribution in [2.75, 3.05) is 36.6 Å². The van der Waals surface area contributed by atoms with Crippen molar-refractivity contribution in [3.63, 3.8) is 0 Å². The molecule has 0 amide bonds. The van der Waals surface area contributed by atoms with Gasteiger partial charge in [0, 0.05) is 24.9 Å². The molecule has 0 N–H and O–H groups in total. The fourth-order valence-corrected chi connectivity index (χ4v) is 3.91. The van der Waals surface area contributed by atoms with Crippen LogP contribution in [0, 0.1) is 0 Å². The van der Waals surface area contributed by atoms with E-state index in [0.717, 1.165) is 10.8 Å². The van der Waals surface area contributed by atoms with Crippen LogP contribution in [0.1, 0.15) is 12.1 Å². The molecule has 0 unspecified atom stereocenters. The fourth-order valence-electron chi connectivity index (χ4n) is 1.79. The van der Waals surface area contributed by atoms with Crippen molar-refractivity contribution in [1.29, 1.82) is 0 Å². The third-order valence-corrected chi connectivity index (χ3v) is 5.53. The molecule has 106 valence electrons. The molecule has 6 nitrogen and oxygen atoms in total. The predicted octanol–water partition coefficient (Wildman–Crippen LogP) is 0.484. The first-order chi connectivity index (χ1) is 9.00. The number of thiazole rings is 1. The molecule has 2 rings (SSSR count). The summed E-state index contributed by atoms with van der Waals surface area (Å²) in [5, 5.41) is 2.73. The largest absolute Gasteiger partial charge is 0.469 e. The number of aromatic nitrogens is 1. The maximum absolute atomic E-state index is 11.3. The molecule has 19 heavy (non-hydrogen) atoms. The van der Waals surface area contributed by atoms with Gasteiger partial charge in [0.2, 0.25) is 0 Å². The maximum atomic E-state index is 11.3. The first kappa shape index (κ1) is 14.3. The van der Waals surface area contributed by atoms with E-state index in [9.17, 15) is 13.2 Å². The van der Waals surface area contributed by atoms with Crippen LogP contribution in [0.4, 0.5) is 5.13 Å². The molecule has 8 heteroatoms. The normalized spacial score (nSPS) is 18.3. The molecule has 0 aliphatic carbocycles. The van der Waals surface area contributed by atoms with Crippen molar-refractivity contribution < 1.29 is 17.9 Å². The molecule has 1 saturated heterocycles. The zero-order chi connectivity index (χ0) is 13.9. The average molecular weight is 304 g/mol. The molecular formula is C11H16N2O4S2. The molecule has 0 aromatic carbocycles. The lowest BCUT2D eigenvalue weighted by atomic mass is 10.2. The number of carbonyl (C=O) groups excluding carboxylic acids is 1. The molecule has 0 saturated carbocycles. The smallest absolute Gasteiger partial charge is 0.305 e. The van der Waals surface area contributed by atoms with Crippen molar-refractivity contribution in [2.24, 2.45) is 0 Å². The van der Waals surface area contributed by atoms with E-state index in [1.165, 1.54) is 18.4 Å². The van der Waals surface area contributed by atoms with Gasteiger partial charge in [-0.1, -0.05) is 0 Å². The summed E-state index contributed by atoms with van der Waals surface area (Å²) in [7, 11) is -1.50. The van der Waals surface area contributed by atoms with E-state index < -0.39 is 9.84 Å². The molecular weight excluding hydrogens is 288 g/mol. The van der Waals surface area contributed by atoms with Crippen LogP contribution in [0.2, 0.25) is 0 Å². The minimum absolute atomic E-state index is 0.185. The van der Waals surface area contributed by atoms with Crippen LogP contribution in [-0.2, 0) is 25.8 Å². The Labute approximate surface area is 116 Å². The summed E-state index contributed by atoms with van der Waals surface area (Å²) in [6.07, 6.45) is 0.864. The van der Waals surface area contributed by atoms with E-state index in [-0.39, 0.29) is 17.5 Å². The molecule has 0 spiro atoms. The van der Waals surface area contributed by atoms with Crippen LogP contribution < -0.4 is 4.90 Å². The fraction of sp³-hybridized carbons (Fsp3) is 0.636. The number of hydrogen-bond donors (Lipinski definition) is 0. The first-order valence-corrected chi connectivity index (χ1v) is 8.67. The standard InChI is InChI=1S/C11H16N2O4S2/c1-17-10(14)3-2-9-8-18-11(12-9)13-4-6-19(15,16)7-5-13/h8H,2-7H2,1H3. The first-order valence-electron chi connectivity index (χ1n) is 5.97. The van der Waals surface area contributed by atoms with Gasteiger partial charge in [-0.2, -0.15) is 0 Å². The number of rotatable bonds is 4. The topological polar surface area (TPSA) is 76.6 Å². The Morgan fingerprint density at radius 1 is 1.47 bits per heavy atom. The van der Waals surface area contributed by atoms with Gasteiger partial charge in [0.1, 0.15) is 0 Å². The number of anilines is 1. The van der Waals surface area contributed by atoms with Crippen LogP contribution in [-0.4, -0.2) is 51.1 Å². The number of nitrogens with zero attached hydrogens (tertiary/aromatic N) is 2. The summed E-state index contributed by atoms with van der Waals surface area (Å²) in [4.78, 5) is 17.5. The molecule has 1 aliphatic heterocycles. The molecule has 0 atom stereocenters. The zero-order valence-corrected chi connectivity index (χ0v) is 12.3. The summed E-state index contributed by atoms with van der Waals surface area (Å²) >= 11 is 1.48. The van der Waals surface area contributed by atoms with Crippen LogP contribution in [0.15, 0.2) is 5.38 Å². The SMILES string of the molecule is COC(=O)CCc1csc(N2CCS(=O)(=O)CC2)n1. The zero-order valence-electron chi connectivity index (χ0n) is 10.7. The Hall–Kier alpha value is -1.15. The quantitative estimate of drug-likeness (QED) is 0.753. The Bertz CT molecular complexity index is 539. The van der Waals surface area contributed by atoms with Gasteiger partial charge >= 0.3 is 5.97 Å². The number of esters is 1. The van der Waals surface area contributed by atoms with Crippen molar-refractivity contribution in [1.82, 2.24) is 4.98 Å². The minimum atomic E-state index is -2.87. The van der Waals surface area contributed by atoms with Crippen LogP contribution in [0.3, 0.4) is 0 Å². The lowest BCUT2D eigenvalue weighted by Crippen LogP contribution is -2.40. The summed E-state index contributed by atoms with van der Waals surface area (Å²) < 4.78 is 27.3. The Morgan fingerprint density at radius 2 is 2.16 bits per heavy atom. The molecule has 2 heterocycles. The number of carbonyl (C=O) groups is 1. The monoisotopic (exact) mass is 304 g/mol. The van der Waals surface area contributed by atoms with Crippen molar-refractivity contribution >= 4 is 32.3 Å². The number of sulfone groups is 1. The van der Waals surface area contributed by atoms with Gasteiger partial charge < -0.3 is 9.64 Å². The van der Waals surface area contributed by atoms with Gasteiger partial charge in [-0.25, -0.2) is 13.4 Å². The molecule has 1 aromatic rings. The van der Waals surface area contributed by atoms with Crippen LogP contribution in [0.25, 0.3) is 0 Å². The summed E-state index contributed by atoms with van der Waals surface area (Å²) in [5.74, 6) is 0.118. The van der Waals surface area contributed by atoms with Crippen molar-refractivity contribution in [2.45, 2.75) is 12.8 Å². The van der Waals surface area contributed by atoms with Gasteiger partial charge in [0.25, 0.3) is 0 Å². The molecule has 0 radical (unpaired) electrons. The van der Waals surface area contributed by atoms with E-state index in [2.05, 4.69) is 9.72 Å². The highest BCUT2D eigenvalue weighted by atomic mass is 32.2. The van der Waals surface area contributed by atoms with Crippen molar-refractivity contribution in [3.05, 3.63) is 11.1 Å². The van der Waals surface area contributed by atoms with Crippen LogP contribution >= 0.6 is 11.3 Å². The van der Waals surface area contributed by atoms with Crippen LogP contribution in [0.5, 0.6) is 0 Å². The predicted molar refractivity (Wildman–Crippen MR) is 73.3 cm³/mol. The average Bonchev–Trinajstić information content (AvgIpc) is 2.84. The van der Waals surface area contributed by atoms with Gasteiger partial charge in [-0.3, -0.25) is 4.79 Å². The summed E-state index contributed by atoms with van der Waals surface area (Å²) in [6.45, 7) is 0.985. The highest BCUT2D eigenvalue weighted by Gasteiger charge is 2.23. The lowest BCUT2D eigenvalue weighted by molar-refractivity contribution is -0.140. The Morgan fingerprint density at radius 3 is 2.79 bits per heavy atom. The number of ether oxygens (including phenoxy) is 1. The van der Waals surface area contributed by atoms with E-state index in [1.54, 1.807) is 0 Å².